The molecule has 1 nitrogen and oxygen atoms in total. The van der Waals surface area contributed by atoms with Gasteiger partial charge in [0.25, 0.3) is 0 Å². The summed E-state index contributed by atoms with van der Waals surface area (Å²) in [4.78, 5) is 1.22. The maximum absolute atomic E-state index is 5.45. The minimum Gasteiger partial charge on any atom is -0.273 e. The quantitative estimate of drug-likeness (QED) is 0.752. The minimum atomic E-state index is 1.12. The van der Waals surface area contributed by atoms with Gasteiger partial charge in [-0.15, -0.1) is 11.3 Å². The second-order valence-corrected chi connectivity index (χ2v) is 4.22. The Bertz CT molecular complexity index is 299. The van der Waals surface area contributed by atoms with Crippen LogP contribution in [0.3, 0.4) is 0 Å². The van der Waals surface area contributed by atoms with Gasteiger partial charge in [0.1, 0.15) is 0 Å². The number of hydrogen-bond acceptors (Lipinski definition) is 3. The summed E-state index contributed by atoms with van der Waals surface area (Å²) in [6.45, 7) is 5.75. The van der Waals surface area contributed by atoms with Gasteiger partial charge in [-0.05, 0) is 36.6 Å². The molecule has 1 aromatic heterocycles. The highest BCUT2D eigenvalue weighted by atomic mass is 32.2. The predicted molar refractivity (Wildman–Crippen MR) is 59.2 cm³/mol. The van der Waals surface area contributed by atoms with Crippen molar-refractivity contribution < 1.29 is 0 Å². The fraction of sp³-hybridized carbons (Fsp3) is 0.111. The van der Waals surface area contributed by atoms with Gasteiger partial charge >= 0.3 is 0 Å². The van der Waals surface area contributed by atoms with Crippen molar-refractivity contribution in [2.75, 3.05) is 0 Å². The van der Waals surface area contributed by atoms with E-state index >= 15 is 0 Å². The summed E-state index contributed by atoms with van der Waals surface area (Å²) in [6.07, 6.45) is 5.94. The zero-order valence-electron chi connectivity index (χ0n) is 6.91. The molecule has 3 heteroatoms. The van der Waals surface area contributed by atoms with Gasteiger partial charge in [-0.2, -0.15) is 0 Å². The van der Waals surface area contributed by atoms with E-state index in [-0.39, 0.29) is 0 Å². The third-order valence-electron chi connectivity index (χ3n) is 1.42. The highest BCUT2D eigenvalue weighted by Gasteiger charge is 2.02. The zero-order valence-corrected chi connectivity index (χ0v) is 8.54. The van der Waals surface area contributed by atoms with Gasteiger partial charge in [-0.3, -0.25) is 5.14 Å². The molecular weight excluding hydrogens is 186 g/mol. The first kappa shape index (κ1) is 9.58. The van der Waals surface area contributed by atoms with Crippen LogP contribution in [0, 0.1) is 0 Å². The van der Waals surface area contributed by atoms with E-state index < -0.39 is 0 Å². The average molecular weight is 197 g/mol. The van der Waals surface area contributed by atoms with Crippen LogP contribution >= 0.6 is 23.3 Å². The molecule has 0 radical (unpaired) electrons. The highest BCUT2D eigenvalue weighted by Crippen LogP contribution is 2.29. The summed E-state index contributed by atoms with van der Waals surface area (Å²) in [6, 6.07) is 2.05. The van der Waals surface area contributed by atoms with Gasteiger partial charge in [0.2, 0.25) is 0 Å². The number of rotatable bonds is 3. The van der Waals surface area contributed by atoms with Crippen molar-refractivity contribution in [2.24, 2.45) is 5.14 Å². The fourth-order valence-electron chi connectivity index (χ4n) is 0.894. The molecule has 0 saturated heterocycles. The van der Waals surface area contributed by atoms with Gasteiger partial charge in [0.05, 0.1) is 4.21 Å². The van der Waals surface area contributed by atoms with Crippen LogP contribution in [-0.2, 0) is 0 Å². The summed E-state index contributed by atoms with van der Waals surface area (Å²) in [5.74, 6) is 0. The molecule has 1 heterocycles. The molecule has 0 atom stereocenters. The van der Waals surface area contributed by atoms with Gasteiger partial charge < -0.3 is 0 Å². The third kappa shape index (κ3) is 2.00. The number of hydrogen-bond donors (Lipinski definition) is 1. The first-order valence-electron chi connectivity index (χ1n) is 3.57. The molecule has 12 heavy (non-hydrogen) atoms. The van der Waals surface area contributed by atoms with Crippen LogP contribution in [0.1, 0.15) is 17.4 Å². The normalized spacial score (nSPS) is 10.8. The van der Waals surface area contributed by atoms with Crippen LogP contribution in [0.2, 0.25) is 0 Å². The van der Waals surface area contributed by atoms with Crippen LogP contribution in [0.15, 0.2) is 22.9 Å². The zero-order chi connectivity index (χ0) is 8.97. The maximum Gasteiger partial charge on any atom is 0.0761 e. The monoisotopic (exact) mass is 197 g/mol. The SMILES string of the molecule is C=Cc1cc(SN)sc1/C=C\C. The molecule has 0 aliphatic rings. The lowest BCUT2D eigenvalue weighted by Crippen LogP contribution is -1.71. The molecule has 2 N–H and O–H groups in total. The van der Waals surface area contributed by atoms with E-state index in [1.807, 2.05) is 19.1 Å². The molecule has 64 valence electrons. The lowest BCUT2D eigenvalue weighted by atomic mass is 10.2. The van der Waals surface area contributed by atoms with Crippen molar-refractivity contribution >= 4 is 35.4 Å². The van der Waals surface area contributed by atoms with Gasteiger partial charge in [0, 0.05) is 4.88 Å². The number of allylic oxidation sites excluding steroid dienone is 1. The fourth-order valence-corrected chi connectivity index (χ4v) is 2.42. The molecule has 0 saturated carbocycles. The topological polar surface area (TPSA) is 26.0 Å². The van der Waals surface area contributed by atoms with Crippen molar-refractivity contribution in [3.8, 4) is 0 Å². The first-order chi connectivity index (χ1) is 5.81. The second-order valence-electron chi connectivity index (χ2n) is 2.21. The maximum atomic E-state index is 5.45. The summed E-state index contributed by atoms with van der Waals surface area (Å²) < 4.78 is 1.12. The van der Waals surface area contributed by atoms with Crippen molar-refractivity contribution in [3.63, 3.8) is 0 Å². The van der Waals surface area contributed by atoms with Crippen LogP contribution in [0.25, 0.3) is 12.2 Å². The lowest BCUT2D eigenvalue weighted by Gasteiger charge is -1.86. The van der Waals surface area contributed by atoms with Gasteiger partial charge in [0.15, 0.2) is 0 Å². The third-order valence-corrected chi connectivity index (χ3v) is 3.22. The Morgan fingerprint density at radius 3 is 2.92 bits per heavy atom. The summed E-state index contributed by atoms with van der Waals surface area (Å²) in [5, 5.41) is 5.45. The predicted octanol–water partition coefficient (Wildman–Crippen LogP) is 3.39. The Kier molecular flexibility index (Phi) is 3.59. The average Bonchev–Trinajstić information content (AvgIpc) is 2.48. The number of thiophene rings is 1. The Morgan fingerprint density at radius 2 is 2.42 bits per heavy atom. The van der Waals surface area contributed by atoms with Crippen molar-refractivity contribution in [2.45, 2.75) is 11.1 Å². The Morgan fingerprint density at radius 1 is 1.67 bits per heavy atom. The highest BCUT2D eigenvalue weighted by molar-refractivity contribution is 7.99. The largest absolute Gasteiger partial charge is 0.273 e. The van der Waals surface area contributed by atoms with E-state index in [4.69, 9.17) is 5.14 Å². The molecule has 0 aliphatic heterocycles. The van der Waals surface area contributed by atoms with E-state index in [1.54, 1.807) is 11.3 Å². The Hall–Kier alpha value is -0.510. The first-order valence-corrected chi connectivity index (χ1v) is 5.27. The summed E-state index contributed by atoms with van der Waals surface area (Å²) in [5.41, 5.74) is 1.16. The minimum absolute atomic E-state index is 1.12. The molecule has 1 aromatic rings. The molecule has 0 aliphatic carbocycles. The van der Waals surface area contributed by atoms with E-state index in [0.29, 0.717) is 0 Å². The number of nitrogens with two attached hydrogens (primary N) is 1. The van der Waals surface area contributed by atoms with Crippen LogP contribution in [0.5, 0.6) is 0 Å². The summed E-state index contributed by atoms with van der Waals surface area (Å²) >= 11 is 2.97. The van der Waals surface area contributed by atoms with Crippen molar-refractivity contribution in [1.29, 1.82) is 0 Å². The molecule has 0 amide bonds. The van der Waals surface area contributed by atoms with E-state index in [1.165, 1.54) is 16.8 Å². The van der Waals surface area contributed by atoms with E-state index in [2.05, 4.69) is 18.7 Å². The smallest absolute Gasteiger partial charge is 0.0761 e. The Labute approximate surface area is 81.1 Å². The molecule has 0 unspecified atom stereocenters. The second kappa shape index (κ2) is 4.50. The van der Waals surface area contributed by atoms with Gasteiger partial charge in [-0.1, -0.05) is 18.7 Å². The molecular formula is C9H11NS2. The Balaban J connectivity index is 3.07. The van der Waals surface area contributed by atoms with Crippen molar-refractivity contribution in [1.82, 2.24) is 0 Å². The molecule has 0 bridgehead atoms. The summed E-state index contributed by atoms with van der Waals surface area (Å²) in [7, 11) is 0. The molecule has 0 aromatic carbocycles. The van der Waals surface area contributed by atoms with Crippen LogP contribution in [0.4, 0.5) is 0 Å². The molecule has 1 rings (SSSR count). The molecule has 0 spiro atoms. The lowest BCUT2D eigenvalue weighted by molar-refractivity contribution is 1.68. The van der Waals surface area contributed by atoms with Gasteiger partial charge in [-0.25, -0.2) is 0 Å². The van der Waals surface area contributed by atoms with Crippen LogP contribution < -0.4 is 5.14 Å². The standard InChI is InChI=1S/C9H11NS2/c1-3-5-8-7(4-2)6-9(11-8)12-10/h3-6H,2,10H2,1H3/b5-3-. The van der Waals surface area contributed by atoms with Crippen molar-refractivity contribution in [3.05, 3.63) is 29.2 Å². The van der Waals surface area contributed by atoms with Crippen LogP contribution in [-0.4, -0.2) is 0 Å². The van der Waals surface area contributed by atoms with E-state index in [9.17, 15) is 0 Å². The van der Waals surface area contributed by atoms with E-state index in [0.717, 1.165) is 9.77 Å². The molecule has 0 fully saturated rings.